The quantitative estimate of drug-likeness (QED) is 0.601. The second-order valence-corrected chi connectivity index (χ2v) is 6.61. The maximum Gasteiger partial charge on any atom is 0.167 e. The minimum absolute atomic E-state index is 0.194. The summed E-state index contributed by atoms with van der Waals surface area (Å²) in [6.07, 6.45) is 6.31. The fraction of sp³-hybridized carbons (Fsp3) is 0.333. The first-order valence-corrected chi connectivity index (χ1v) is 8.31. The Hall–Kier alpha value is -1.96. The highest BCUT2D eigenvalue weighted by molar-refractivity contribution is 5.67. The fourth-order valence-corrected chi connectivity index (χ4v) is 3.47. The first-order chi connectivity index (χ1) is 11.1. The summed E-state index contributed by atoms with van der Waals surface area (Å²) in [4.78, 5) is 0. The molecule has 23 heavy (non-hydrogen) atoms. The molecule has 0 heterocycles. The SMILES string of the molecule is C=Cc1ccc(-c2ccc(C3CCC(C)CC3)cc2)c(F)c1F. The van der Waals surface area contributed by atoms with Gasteiger partial charge in [-0.1, -0.05) is 68.8 Å². The number of rotatable bonds is 3. The summed E-state index contributed by atoms with van der Waals surface area (Å²) in [5.74, 6) is -0.208. The van der Waals surface area contributed by atoms with Gasteiger partial charge in [0.15, 0.2) is 11.6 Å². The first kappa shape index (κ1) is 15.9. The van der Waals surface area contributed by atoms with Crippen molar-refractivity contribution in [2.24, 2.45) is 5.92 Å². The molecule has 120 valence electrons. The van der Waals surface area contributed by atoms with Crippen LogP contribution in [-0.4, -0.2) is 0 Å². The van der Waals surface area contributed by atoms with E-state index in [0.717, 1.165) is 5.92 Å². The van der Waals surface area contributed by atoms with E-state index in [1.807, 2.05) is 12.1 Å². The topological polar surface area (TPSA) is 0 Å². The van der Waals surface area contributed by atoms with Crippen molar-refractivity contribution in [2.45, 2.75) is 38.5 Å². The summed E-state index contributed by atoms with van der Waals surface area (Å²) in [7, 11) is 0. The maximum absolute atomic E-state index is 14.2. The van der Waals surface area contributed by atoms with Crippen molar-refractivity contribution in [1.29, 1.82) is 0 Å². The van der Waals surface area contributed by atoms with E-state index >= 15 is 0 Å². The Bertz CT molecular complexity index is 693. The van der Waals surface area contributed by atoms with E-state index in [2.05, 4.69) is 25.6 Å². The molecule has 0 N–H and O–H groups in total. The molecule has 1 aliphatic carbocycles. The highest BCUT2D eigenvalue weighted by Gasteiger charge is 2.20. The zero-order valence-corrected chi connectivity index (χ0v) is 13.5. The van der Waals surface area contributed by atoms with Gasteiger partial charge in [0.1, 0.15) is 0 Å². The van der Waals surface area contributed by atoms with Gasteiger partial charge in [-0.25, -0.2) is 8.78 Å². The lowest BCUT2D eigenvalue weighted by atomic mass is 9.79. The Balaban J connectivity index is 1.85. The van der Waals surface area contributed by atoms with E-state index in [4.69, 9.17) is 0 Å². The van der Waals surface area contributed by atoms with Crippen molar-refractivity contribution >= 4 is 6.08 Å². The lowest BCUT2D eigenvalue weighted by molar-refractivity contribution is 0.348. The third kappa shape index (κ3) is 3.21. The molecular weight excluding hydrogens is 290 g/mol. The Morgan fingerprint density at radius 1 is 0.913 bits per heavy atom. The molecule has 0 aromatic heterocycles. The predicted octanol–water partition coefficient (Wildman–Crippen LogP) is 6.57. The van der Waals surface area contributed by atoms with E-state index in [9.17, 15) is 8.78 Å². The van der Waals surface area contributed by atoms with Crippen molar-refractivity contribution in [3.05, 3.63) is 65.7 Å². The second kappa shape index (κ2) is 6.66. The van der Waals surface area contributed by atoms with Crippen molar-refractivity contribution in [3.63, 3.8) is 0 Å². The highest BCUT2D eigenvalue weighted by Crippen LogP contribution is 2.36. The van der Waals surface area contributed by atoms with Crippen LogP contribution in [0.15, 0.2) is 43.0 Å². The summed E-state index contributed by atoms with van der Waals surface area (Å²) in [6.45, 7) is 5.81. The molecule has 2 aromatic rings. The number of hydrogen-bond acceptors (Lipinski definition) is 0. The van der Waals surface area contributed by atoms with Crippen LogP contribution in [-0.2, 0) is 0 Å². The third-order valence-electron chi connectivity index (χ3n) is 5.04. The molecule has 0 aliphatic heterocycles. The largest absolute Gasteiger partial charge is 0.203 e. The molecule has 2 aromatic carbocycles. The Morgan fingerprint density at radius 2 is 1.57 bits per heavy atom. The van der Waals surface area contributed by atoms with Crippen LogP contribution < -0.4 is 0 Å². The van der Waals surface area contributed by atoms with Gasteiger partial charge in [0, 0.05) is 11.1 Å². The zero-order chi connectivity index (χ0) is 16.4. The summed E-state index contributed by atoms with van der Waals surface area (Å²) in [6, 6.07) is 11.1. The summed E-state index contributed by atoms with van der Waals surface area (Å²) in [5.41, 5.74) is 2.52. The van der Waals surface area contributed by atoms with E-state index in [-0.39, 0.29) is 5.56 Å². The van der Waals surface area contributed by atoms with Gasteiger partial charge >= 0.3 is 0 Å². The standard InChI is InChI=1S/C21H22F2/c1-3-15-12-13-19(21(23)20(15)22)18-10-8-17(9-11-18)16-6-4-14(2)5-7-16/h3,8-14,16H,1,4-7H2,2H3. The molecule has 0 atom stereocenters. The van der Waals surface area contributed by atoms with Gasteiger partial charge in [0.2, 0.25) is 0 Å². The molecule has 0 nitrogen and oxygen atoms in total. The van der Waals surface area contributed by atoms with Crippen LogP contribution in [0.4, 0.5) is 8.78 Å². The lowest BCUT2D eigenvalue weighted by Crippen LogP contribution is -2.10. The Labute approximate surface area is 136 Å². The Kier molecular flexibility index (Phi) is 4.61. The summed E-state index contributed by atoms with van der Waals surface area (Å²) in [5, 5.41) is 0. The van der Waals surface area contributed by atoms with Crippen LogP contribution in [0.3, 0.4) is 0 Å². The number of hydrogen-bond donors (Lipinski definition) is 0. The van der Waals surface area contributed by atoms with Gasteiger partial charge in [0.05, 0.1) is 0 Å². The second-order valence-electron chi connectivity index (χ2n) is 6.61. The average Bonchev–Trinajstić information content (AvgIpc) is 2.58. The summed E-state index contributed by atoms with van der Waals surface area (Å²) < 4.78 is 28.1. The average molecular weight is 312 g/mol. The van der Waals surface area contributed by atoms with Gasteiger partial charge in [-0.3, -0.25) is 0 Å². The number of halogens is 2. The Morgan fingerprint density at radius 3 is 2.17 bits per heavy atom. The first-order valence-electron chi connectivity index (χ1n) is 8.31. The van der Waals surface area contributed by atoms with Crippen LogP contribution in [0.25, 0.3) is 17.2 Å². The van der Waals surface area contributed by atoms with Gasteiger partial charge in [0.25, 0.3) is 0 Å². The van der Waals surface area contributed by atoms with E-state index in [0.29, 0.717) is 17.0 Å². The molecule has 2 heteroatoms. The van der Waals surface area contributed by atoms with Gasteiger partial charge in [-0.05, 0) is 35.8 Å². The molecule has 1 aliphatic rings. The molecule has 0 amide bonds. The van der Waals surface area contributed by atoms with Crippen LogP contribution in [0.2, 0.25) is 0 Å². The monoisotopic (exact) mass is 312 g/mol. The van der Waals surface area contributed by atoms with Crippen LogP contribution in [0, 0.1) is 17.6 Å². The number of benzene rings is 2. The molecule has 0 spiro atoms. The molecule has 0 saturated heterocycles. The van der Waals surface area contributed by atoms with Crippen molar-refractivity contribution in [1.82, 2.24) is 0 Å². The van der Waals surface area contributed by atoms with Gasteiger partial charge in [-0.2, -0.15) is 0 Å². The molecule has 0 unspecified atom stereocenters. The fourth-order valence-electron chi connectivity index (χ4n) is 3.47. The molecule has 0 radical (unpaired) electrons. The normalized spacial score (nSPS) is 21.2. The van der Waals surface area contributed by atoms with Crippen LogP contribution in [0.1, 0.15) is 49.7 Å². The highest BCUT2D eigenvalue weighted by atomic mass is 19.2. The van der Waals surface area contributed by atoms with Crippen LogP contribution >= 0.6 is 0 Å². The maximum atomic E-state index is 14.2. The minimum Gasteiger partial charge on any atom is -0.203 e. The predicted molar refractivity (Wildman–Crippen MR) is 92.3 cm³/mol. The molecule has 3 rings (SSSR count). The van der Waals surface area contributed by atoms with Gasteiger partial charge < -0.3 is 0 Å². The molecular formula is C21H22F2. The molecule has 1 saturated carbocycles. The smallest absolute Gasteiger partial charge is 0.167 e. The van der Waals surface area contributed by atoms with Crippen molar-refractivity contribution in [2.75, 3.05) is 0 Å². The molecule has 1 fully saturated rings. The van der Waals surface area contributed by atoms with E-state index in [1.165, 1.54) is 37.3 Å². The summed E-state index contributed by atoms with van der Waals surface area (Å²) >= 11 is 0. The van der Waals surface area contributed by atoms with Crippen LogP contribution in [0.5, 0.6) is 0 Å². The third-order valence-corrected chi connectivity index (χ3v) is 5.04. The lowest BCUT2D eigenvalue weighted by Gasteiger charge is -2.26. The van der Waals surface area contributed by atoms with E-state index in [1.54, 1.807) is 12.1 Å². The van der Waals surface area contributed by atoms with E-state index < -0.39 is 11.6 Å². The van der Waals surface area contributed by atoms with Crippen molar-refractivity contribution in [3.8, 4) is 11.1 Å². The zero-order valence-electron chi connectivity index (χ0n) is 13.5. The minimum atomic E-state index is -0.831. The molecule has 0 bridgehead atoms. The van der Waals surface area contributed by atoms with Crippen molar-refractivity contribution < 1.29 is 8.78 Å². The van der Waals surface area contributed by atoms with Gasteiger partial charge in [-0.15, -0.1) is 0 Å².